The van der Waals surface area contributed by atoms with E-state index >= 15 is 0 Å². The van der Waals surface area contributed by atoms with Crippen LogP contribution in [0.5, 0.6) is 11.5 Å². The zero-order valence-corrected chi connectivity index (χ0v) is 22.2. The van der Waals surface area contributed by atoms with Crippen molar-refractivity contribution in [2.75, 3.05) is 41.6 Å². The summed E-state index contributed by atoms with van der Waals surface area (Å²) >= 11 is 0. The zero-order valence-electron chi connectivity index (χ0n) is 19.9. The lowest BCUT2D eigenvalue weighted by atomic mass is 10.1. The normalized spacial score (nSPS) is 10.8. The van der Waals surface area contributed by atoms with Crippen molar-refractivity contribution < 1.29 is 23.7 Å². The van der Waals surface area contributed by atoms with Crippen molar-refractivity contribution in [2.45, 2.75) is 26.4 Å². The van der Waals surface area contributed by atoms with Crippen LogP contribution in [0.2, 0.25) is 0 Å². The minimum absolute atomic E-state index is 0. The molecule has 0 saturated carbocycles. The van der Waals surface area contributed by atoms with E-state index in [2.05, 4.69) is 27.8 Å². The van der Waals surface area contributed by atoms with Gasteiger partial charge in [-0.1, -0.05) is 18.2 Å². The number of hydrogen-bond acceptors (Lipinski definition) is 6. The molecule has 2 aromatic rings. The molecule has 0 bridgehead atoms. The van der Waals surface area contributed by atoms with Crippen molar-refractivity contribution in [2.24, 2.45) is 4.99 Å². The van der Waals surface area contributed by atoms with Gasteiger partial charge in [-0.2, -0.15) is 0 Å². The second-order valence-corrected chi connectivity index (χ2v) is 7.11. The summed E-state index contributed by atoms with van der Waals surface area (Å²) in [5.41, 5.74) is 3.51. The van der Waals surface area contributed by atoms with Gasteiger partial charge in [0.1, 0.15) is 17.1 Å². The van der Waals surface area contributed by atoms with Crippen LogP contribution in [0.15, 0.2) is 41.4 Å². The summed E-state index contributed by atoms with van der Waals surface area (Å²) in [7, 11) is 6.27. The number of carbonyl (C=O) groups excluding carboxylic acids is 1. The molecule has 2 N–H and O–H groups in total. The van der Waals surface area contributed by atoms with Crippen molar-refractivity contribution >= 4 is 35.9 Å². The largest absolute Gasteiger partial charge is 0.496 e. The molecule has 0 amide bonds. The van der Waals surface area contributed by atoms with Gasteiger partial charge in [0.15, 0.2) is 5.96 Å². The Morgan fingerprint density at radius 2 is 1.73 bits per heavy atom. The summed E-state index contributed by atoms with van der Waals surface area (Å²) < 4.78 is 21.1. The molecule has 0 spiro atoms. The van der Waals surface area contributed by atoms with Crippen LogP contribution in [0.25, 0.3) is 0 Å². The first-order valence-corrected chi connectivity index (χ1v) is 10.4. The Bertz CT molecular complexity index is 921. The number of esters is 1. The Kier molecular flexibility index (Phi) is 13.2. The van der Waals surface area contributed by atoms with E-state index < -0.39 is 5.97 Å². The first-order chi connectivity index (χ1) is 15.5. The Labute approximate surface area is 213 Å². The number of carbonyl (C=O) groups is 1. The molecule has 0 unspecified atom stereocenters. The van der Waals surface area contributed by atoms with E-state index in [1.165, 1.54) is 14.2 Å². The molecule has 0 saturated heterocycles. The van der Waals surface area contributed by atoms with Gasteiger partial charge in [0.2, 0.25) is 0 Å². The Balaban J connectivity index is 0.00000544. The maximum absolute atomic E-state index is 11.8. The van der Waals surface area contributed by atoms with Gasteiger partial charge >= 0.3 is 5.97 Å². The van der Waals surface area contributed by atoms with Gasteiger partial charge in [-0.15, -0.1) is 24.0 Å². The summed E-state index contributed by atoms with van der Waals surface area (Å²) in [6.07, 6.45) is 0.832. The van der Waals surface area contributed by atoms with E-state index in [1.54, 1.807) is 26.3 Å². The SMILES string of the molecule is CN=C(NCc1ccc(C(=O)OC)c(OC)c1)NCc1ccc(C)cc1OCCCOC.I. The van der Waals surface area contributed by atoms with Crippen LogP contribution in [0.3, 0.4) is 0 Å². The smallest absolute Gasteiger partial charge is 0.341 e. The number of nitrogens with zero attached hydrogens (tertiary/aromatic N) is 1. The summed E-state index contributed by atoms with van der Waals surface area (Å²) in [6.45, 7) is 4.37. The van der Waals surface area contributed by atoms with E-state index in [0.717, 1.165) is 28.9 Å². The predicted octanol–water partition coefficient (Wildman–Crippen LogP) is 3.69. The average molecular weight is 571 g/mol. The minimum atomic E-state index is -0.433. The highest BCUT2D eigenvalue weighted by Crippen LogP contribution is 2.22. The number of hydrogen-bond donors (Lipinski definition) is 2. The molecule has 2 rings (SSSR count). The van der Waals surface area contributed by atoms with Gasteiger partial charge in [0.25, 0.3) is 0 Å². The number of aliphatic imine (C=N–C) groups is 1. The van der Waals surface area contributed by atoms with Crippen molar-refractivity contribution in [3.8, 4) is 11.5 Å². The molecule has 0 aliphatic carbocycles. The molecule has 33 heavy (non-hydrogen) atoms. The predicted molar refractivity (Wildman–Crippen MR) is 140 cm³/mol. The highest BCUT2D eigenvalue weighted by atomic mass is 127. The molecule has 0 aliphatic heterocycles. The lowest BCUT2D eigenvalue weighted by Gasteiger charge is -2.16. The van der Waals surface area contributed by atoms with Crippen LogP contribution in [0, 0.1) is 6.92 Å². The van der Waals surface area contributed by atoms with Gasteiger partial charge < -0.3 is 29.6 Å². The number of methoxy groups -OCH3 is 3. The fraction of sp³-hybridized carbons (Fsp3) is 0.417. The molecule has 0 atom stereocenters. The van der Waals surface area contributed by atoms with Gasteiger partial charge in [-0.25, -0.2) is 4.79 Å². The molecule has 0 fully saturated rings. The third kappa shape index (κ3) is 9.09. The second kappa shape index (κ2) is 15.3. The fourth-order valence-corrected chi connectivity index (χ4v) is 3.04. The van der Waals surface area contributed by atoms with E-state index in [0.29, 0.717) is 43.6 Å². The first kappa shape index (κ1) is 28.5. The molecule has 0 radical (unpaired) electrons. The third-order valence-electron chi connectivity index (χ3n) is 4.77. The number of ether oxygens (including phenoxy) is 4. The molecular formula is C24H34IN3O5. The number of halogens is 1. The van der Waals surface area contributed by atoms with Crippen molar-refractivity contribution in [3.05, 3.63) is 58.7 Å². The summed E-state index contributed by atoms with van der Waals surface area (Å²) in [5, 5.41) is 6.58. The maximum atomic E-state index is 11.8. The van der Waals surface area contributed by atoms with Crippen LogP contribution < -0.4 is 20.1 Å². The van der Waals surface area contributed by atoms with Gasteiger partial charge in [-0.3, -0.25) is 4.99 Å². The highest BCUT2D eigenvalue weighted by molar-refractivity contribution is 14.0. The summed E-state index contributed by atoms with van der Waals surface area (Å²) in [5.74, 6) is 1.53. The monoisotopic (exact) mass is 571 g/mol. The van der Waals surface area contributed by atoms with Crippen LogP contribution >= 0.6 is 24.0 Å². The number of aryl methyl sites for hydroxylation is 1. The Hall–Kier alpha value is -2.53. The van der Waals surface area contributed by atoms with E-state index in [-0.39, 0.29) is 24.0 Å². The lowest BCUT2D eigenvalue weighted by Crippen LogP contribution is -2.36. The molecule has 0 heterocycles. The maximum Gasteiger partial charge on any atom is 0.341 e. The van der Waals surface area contributed by atoms with Crippen LogP contribution in [-0.2, 0) is 22.6 Å². The van der Waals surface area contributed by atoms with Gasteiger partial charge in [0, 0.05) is 45.8 Å². The molecule has 8 nitrogen and oxygen atoms in total. The molecular weight excluding hydrogens is 537 g/mol. The third-order valence-corrected chi connectivity index (χ3v) is 4.77. The molecule has 9 heteroatoms. The van der Waals surface area contributed by atoms with Gasteiger partial charge in [-0.05, 0) is 36.2 Å². The van der Waals surface area contributed by atoms with Crippen molar-refractivity contribution in [3.63, 3.8) is 0 Å². The average Bonchev–Trinajstić information content (AvgIpc) is 2.82. The Morgan fingerprint density at radius 1 is 0.970 bits per heavy atom. The first-order valence-electron chi connectivity index (χ1n) is 10.4. The summed E-state index contributed by atoms with van der Waals surface area (Å²) in [4.78, 5) is 16.1. The zero-order chi connectivity index (χ0) is 23.3. The number of rotatable bonds is 11. The second-order valence-electron chi connectivity index (χ2n) is 7.11. The van der Waals surface area contributed by atoms with Crippen LogP contribution in [-0.4, -0.2) is 53.5 Å². The van der Waals surface area contributed by atoms with Gasteiger partial charge in [0.05, 0.1) is 20.8 Å². The molecule has 0 aromatic heterocycles. The van der Waals surface area contributed by atoms with Crippen molar-refractivity contribution in [1.29, 1.82) is 0 Å². The highest BCUT2D eigenvalue weighted by Gasteiger charge is 2.13. The van der Waals surface area contributed by atoms with Crippen LogP contribution in [0.1, 0.15) is 33.5 Å². The molecule has 2 aromatic carbocycles. The number of guanidine groups is 1. The van der Waals surface area contributed by atoms with Crippen LogP contribution in [0.4, 0.5) is 0 Å². The van der Waals surface area contributed by atoms with Crippen molar-refractivity contribution in [1.82, 2.24) is 10.6 Å². The topological polar surface area (TPSA) is 90.4 Å². The number of nitrogens with one attached hydrogen (secondary N) is 2. The quantitative estimate of drug-likeness (QED) is 0.140. The molecule has 0 aliphatic rings. The van der Waals surface area contributed by atoms with E-state index in [9.17, 15) is 4.79 Å². The molecule has 182 valence electrons. The standard InChI is InChI=1S/C24H33N3O5.HI/c1-17-7-9-19(21(13-17)32-12-6-11-29-3)16-27-24(25-2)26-15-18-8-10-20(23(28)31-5)22(14-18)30-4;/h7-10,13-14H,6,11-12,15-16H2,1-5H3,(H2,25,26,27);1H. The Morgan fingerprint density at radius 3 is 2.39 bits per heavy atom. The fourth-order valence-electron chi connectivity index (χ4n) is 3.04. The lowest BCUT2D eigenvalue weighted by molar-refractivity contribution is 0.0597. The summed E-state index contributed by atoms with van der Waals surface area (Å²) in [6, 6.07) is 11.5. The minimum Gasteiger partial charge on any atom is -0.496 e. The van der Waals surface area contributed by atoms with E-state index in [1.807, 2.05) is 19.1 Å². The van der Waals surface area contributed by atoms with E-state index in [4.69, 9.17) is 18.9 Å². The number of benzene rings is 2.